The van der Waals surface area contributed by atoms with Gasteiger partial charge in [-0.15, -0.1) is 0 Å². The van der Waals surface area contributed by atoms with Crippen molar-refractivity contribution in [2.45, 2.75) is 10.8 Å². The topological polar surface area (TPSA) is 55.4 Å². The maximum absolute atomic E-state index is 11.5. The van der Waals surface area contributed by atoms with Crippen molar-refractivity contribution < 1.29 is 14.3 Å². The number of methoxy groups -OCH3 is 1. The smallest absolute Gasteiger partial charge is 0.250 e. The summed E-state index contributed by atoms with van der Waals surface area (Å²) >= 11 is 6.01. The molecule has 1 aromatic rings. The lowest BCUT2D eigenvalue weighted by molar-refractivity contribution is -0.120. The summed E-state index contributed by atoms with van der Waals surface area (Å²) < 4.78 is 5.04. The van der Waals surface area contributed by atoms with Gasteiger partial charge in [-0.2, -0.15) is 0 Å². The van der Waals surface area contributed by atoms with E-state index in [0.29, 0.717) is 12.3 Å². The molecule has 89 valence electrons. The fourth-order valence-electron chi connectivity index (χ4n) is 1.92. The molecule has 2 unspecified atom stereocenters. The van der Waals surface area contributed by atoms with E-state index in [2.05, 4.69) is 5.32 Å². The molecule has 0 aliphatic carbocycles. The summed E-state index contributed by atoms with van der Waals surface area (Å²) in [5.41, 5.74) is 0.808. The van der Waals surface area contributed by atoms with Gasteiger partial charge in [0.2, 0.25) is 12.2 Å². The van der Waals surface area contributed by atoms with Crippen molar-refractivity contribution >= 4 is 23.8 Å². The summed E-state index contributed by atoms with van der Waals surface area (Å²) in [6.07, 6.45) is 1.64. The first-order valence-corrected chi connectivity index (χ1v) is 5.50. The van der Waals surface area contributed by atoms with Crippen LogP contribution in [0.25, 0.3) is 0 Å². The van der Waals surface area contributed by atoms with E-state index in [1.165, 1.54) is 0 Å². The molecule has 1 N–H and O–H groups in total. The van der Waals surface area contributed by atoms with Crippen molar-refractivity contribution in [2.75, 3.05) is 13.7 Å². The number of hydrogen-bond donors (Lipinski definition) is 1. The maximum Gasteiger partial charge on any atom is 0.250 e. The minimum atomic E-state index is -1.62. The Kier molecular flexibility index (Phi) is 3.07. The summed E-state index contributed by atoms with van der Waals surface area (Å²) in [5, 5.41) is 2.57. The Morgan fingerprint density at radius 3 is 2.65 bits per heavy atom. The standard InChI is InChI=1S/C12H11ClNO3/c1-17-9-4-2-8(3-5-9)10-6-14-11(16)12(10,13)7-15/h2-5,10H,6H2,1H3,(H,14,16). The van der Waals surface area contributed by atoms with Crippen LogP contribution >= 0.6 is 11.6 Å². The lowest BCUT2D eigenvalue weighted by Gasteiger charge is -2.19. The zero-order valence-corrected chi connectivity index (χ0v) is 9.95. The van der Waals surface area contributed by atoms with E-state index in [1.54, 1.807) is 37.7 Å². The van der Waals surface area contributed by atoms with E-state index in [9.17, 15) is 9.59 Å². The van der Waals surface area contributed by atoms with Crippen molar-refractivity contribution in [2.24, 2.45) is 0 Å². The van der Waals surface area contributed by atoms with E-state index in [4.69, 9.17) is 16.3 Å². The van der Waals surface area contributed by atoms with Crippen LogP contribution < -0.4 is 10.1 Å². The summed E-state index contributed by atoms with van der Waals surface area (Å²) in [6.45, 7) is 0.337. The van der Waals surface area contributed by atoms with Crippen LogP contribution in [0, 0.1) is 0 Å². The monoisotopic (exact) mass is 252 g/mol. The number of ether oxygens (including phenoxy) is 1. The molecule has 1 heterocycles. The quantitative estimate of drug-likeness (QED) is 0.645. The predicted octanol–water partition coefficient (Wildman–Crippen LogP) is 0.996. The maximum atomic E-state index is 11.5. The highest BCUT2D eigenvalue weighted by molar-refractivity contribution is 6.44. The van der Waals surface area contributed by atoms with Crippen molar-refractivity contribution in [1.82, 2.24) is 5.32 Å². The van der Waals surface area contributed by atoms with E-state index in [-0.39, 0.29) is 0 Å². The molecule has 1 aliphatic rings. The Labute approximate surface area is 104 Å². The predicted molar refractivity (Wildman–Crippen MR) is 63.0 cm³/mol. The molecule has 0 aromatic heterocycles. The Morgan fingerprint density at radius 1 is 1.47 bits per heavy atom. The Hall–Kier alpha value is -1.55. The third kappa shape index (κ3) is 1.89. The zero-order valence-electron chi connectivity index (χ0n) is 9.20. The molecule has 2 atom stereocenters. The van der Waals surface area contributed by atoms with Gasteiger partial charge in [0.1, 0.15) is 5.75 Å². The molecule has 17 heavy (non-hydrogen) atoms. The molecule has 2 rings (SSSR count). The number of alkyl halides is 1. The number of nitrogens with one attached hydrogen (secondary N) is 1. The number of halogens is 1. The lowest BCUT2D eigenvalue weighted by Crippen LogP contribution is -2.37. The van der Waals surface area contributed by atoms with Gasteiger partial charge in [0.25, 0.3) is 0 Å². The average Bonchev–Trinajstić information content (AvgIpc) is 2.67. The van der Waals surface area contributed by atoms with Gasteiger partial charge in [0.05, 0.1) is 7.11 Å². The normalized spacial score (nSPS) is 27.6. The summed E-state index contributed by atoms with van der Waals surface area (Å²) in [4.78, 5) is 20.8. The second-order valence-electron chi connectivity index (χ2n) is 3.85. The van der Waals surface area contributed by atoms with Gasteiger partial charge < -0.3 is 10.1 Å². The van der Waals surface area contributed by atoms with Crippen molar-refractivity contribution in [3.63, 3.8) is 0 Å². The van der Waals surface area contributed by atoms with Crippen LogP contribution in [0.5, 0.6) is 5.75 Å². The van der Waals surface area contributed by atoms with Crippen LogP contribution in [0.2, 0.25) is 0 Å². The van der Waals surface area contributed by atoms with Gasteiger partial charge in [-0.25, -0.2) is 0 Å². The van der Waals surface area contributed by atoms with Crippen molar-refractivity contribution in [1.29, 1.82) is 0 Å². The largest absolute Gasteiger partial charge is 0.497 e. The molecule has 1 amide bonds. The Balaban J connectivity index is 2.33. The summed E-state index contributed by atoms with van der Waals surface area (Å²) in [5.74, 6) is -0.184. The molecule has 0 saturated carbocycles. The number of carbonyl (C=O) groups is 1. The van der Waals surface area contributed by atoms with Gasteiger partial charge >= 0.3 is 0 Å². The third-order valence-corrected chi connectivity index (χ3v) is 3.46. The second-order valence-corrected chi connectivity index (χ2v) is 4.45. The minimum absolute atomic E-state index is 0.337. The first-order valence-electron chi connectivity index (χ1n) is 5.12. The molecular weight excluding hydrogens is 242 g/mol. The second kappa shape index (κ2) is 4.37. The number of benzene rings is 1. The summed E-state index contributed by atoms with van der Waals surface area (Å²) in [6, 6.07) is 7.11. The number of hydrogen-bond acceptors (Lipinski definition) is 3. The van der Waals surface area contributed by atoms with Crippen LogP contribution in [0.3, 0.4) is 0 Å². The van der Waals surface area contributed by atoms with Gasteiger partial charge in [-0.3, -0.25) is 9.59 Å². The fourth-order valence-corrected chi connectivity index (χ4v) is 2.19. The van der Waals surface area contributed by atoms with Crippen LogP contribution in [-0.4, -0.2) is 30.7 Å². The highest BCUT2D eigenvalue weighted by Crippen LogP contribution is 2.37. The molecule has 1 radical (unpaired) electrons. The fraction of sp³-hybridized carbons (Fsp3) is 0.333. The average molecular weight is 253 g/mol. The SMILES string of the molecule is COc1ccc(C2CNC(=O)C2(Cl)[C]=O)cc1. The van der Waals surface area contributed by atoms with Crippen LogP contribution in [-0.2, 0) is 9.59 Å². The Bertz CT molecular complexity index is 446. The van der Waals surface area contributed by atoms with E-state index < -0.39 is 16.7 Å². The van der Waals surface area contributed by atoms with Crippen molar-refractivity contribution in [3.05, 3.63) is 29.8 Å². The highest BCUT2D eigenvalue weighted by Gasteiger charge is 2.50. The minimum Gasteiger partial charge on any atom is -0.497 e. The van der Waals surface area contributed by atoms with Gasteiger partial charge in [-0.05, 0) is 17.7 Å². The first kappa shape index (κ1) is 11.9. The molecule has 1 aromatic carbocycles. The molecule has 0 spiro atoms. The molecule has 0 bridgehead atoms. The zero-order chi connectivity index (χ0) is 12.5. The lowest BCUT2D eigenvalue weighted by atomic mass is 9.89. The molecule has 5 heteroatoms. The van der Waals surface area contributed by atoms with Crippen LogP contribution in [0.1, 0.15) is 11.5 Å². The van der Waals surface area contributed by atoms with Gasteiger partial charge in [-0.1, -0.05) is 23.7 Å². The Morgan fingerprint density at radius 2 is 2.12 bits per heavy atom. The summed E-state index contributed by atoms with van der Waals surface area (Å²) in [7, 11) is 1.57. The van der Waals surface area contributed by atoms with Gasteiger partial charge in [0.15, 0.2) is 4.87 Å². The van der Waals surface area contributed by atoms with E-state index in [1.807, 2.05) is 0 Å². The van der Waals surface area contributed by atoms with Gasteiger partial charge in [0, 0.05) is 12.5 Å². The van der Waals surface area contributed by atoms with E-state index >= 15 is 0 Å². The van der Waals surface area contributed by atoms with E-state index in [0.717, 1.165) is 5.56 Å². The molecule has 1 fully saturated rings. The molecule has 1 aliphatic heterocycles. The third-order valence-electron chi connectivity index (χ3n) is 2.94. The van der Waals surface area contributed by atoms with Crippen molar-refractivity contribution in [3.8, 4) is 5.75 Å². The molecule has 1 saturated heterocycles. The molecule has 4 nitrogen and oxygen atoms in total. The van der Waals surface area contributed by atoms with Crippen LogP contribution in [0.15, 0.2) is 24.3 Å². The first-order chi connectivity index (χ1) is 8.11. The number of carbonyl (C=O) groups excluding carboxylic acids is 2. The number of rotatable bonds is 3. The number of amides is 1. The molecular formula is C12H11ClNO3. The highest BCUT2D eigenvalue weighted by atomic mass is 35.5. The van der Waals surface area contributed by atoms with Crippen LogP contribution in [0.4, 0.5) is 0 Å².